The topological polar surface area (TPSA) is 70.6 Å². The van der Waals surface area contributed by atoms with E-state index >= 15 is 0 Å². The number of aromatic nitrogens is 3. The minimum atomic E-state index is -0.399. The smallest absolute Gasteiger partial charge is 0.208 e. The molecule has 7 nitrogen and oxygen atoms in total. The lowest BCUT2D eigenvalue weighted by molar-refractivity contribution is 0.101. The first kappa shape index (κ1) is 18.1. The number of rotatable bonds is 8. The third-order valence-corrected chi connectivity index (χ3v) is 4.82. The first-order chi connectivity index (χ1) is 12.0. The Kier molecular flexibility index (Phi) is 5.88. The molecular formula is C18H29N5O2. The Morgan fingerprint density at radius 1 is 1.40 bits per heavy atom. The first-order valence-corrected chi connectivity index (χ1v) is 9.04. The molecule has 2 aromatic rings. The first-order valence-electron chi connectivity index (χ1n) is 9.04. The molecule has 3 rings (SSSR count). The average molecular weight is 347 g/mol. The van der Waals surface area contributed by atoms with Crippen molar-refractivity contribution in [1.29, 1.82) is 0 Å². The van der Waals surface area contributed by atoms with Gasteiger partial charge in [-0.3, -0.25) is 14.5 Å². The van der Waals surface area contributed by atoms with Gasteiger partial charge >= 0.3 is 0 Å². The molecule has 1 saturated heterocycles. The van der Waals surface area contributed by atoms with Gasteiger partial charge in [-0.05, 0) is 26.1 Å². The van der Waals surface area contributed by atoms with Crippen LogP contribution in [0.25, 0.3) is 0 Å². The largest absolute Gasteiger partial charge is 0.444 e. The summed E-state index contributed by atoms with van der Waals surface area (Å²) >= 11 is 0. The Hall–Kier alpha value is -1.70. The summed E-state index contributed by atoms with van der Waals surface area (Å²) in [5.41, 5.74) is 0. The number of likely N-dealkylation sites (tertiary alicyclic amines) is 1. The van der Waals surface area contributed by atoms with E-state index in [-0.39, 0.29) is 0 Å². The second-order valence-electron chi connectivity index (χ2n) is 7.31. The fourth-order valence-corrected chi connectivity index (χ4v) is 3.32. The molecule has 1 fully saturated rings. The summed E-state index contributed by atoms with van der Waals surface area (Å²) in [5, 5.41) is 14.4. The van der Waals surface area contributed by atoms with Crippen LogP contribution in [0.1, 0.15) is 37.8 Å². The lowest BCUT2D eigenvalue weighted by Crippen LogP contribution is -2.37. The van der Waals surface area contributed by atoms with E-state index in [1.54, 1.807) is 10.9 Å². The summed E-state index contributed by atoms with van der Waals surface area (Å²) < 4.78 is 7.59. The van der Waals surface area contributed by atoms with Crippen molar-refractivity contribution in [2.24, 2.45) is 0 Å². The maximum atomic E-state index is 10.3. The van der Waals surface area contributed by atoms with Crippen LogP contribution in [0.2, 0.25) is 0 Å². The van der Waals surface area contributed by atoms with Gasteiger partial charge in [0, 0.05) is 37.4 Å². The van der Waals surface area contributed by atoms with Gasteiger partial charge in [0.25, 0.3) is 0 Å². The van der Waals surface area contributed by atoms with Crippen molar-refractivity contribution < 1.29 is 9.52 Å². The van der Waals surface area contributed by atoms with E-state index in [0.717, 1.165) is 37.7 Å². The molecule has 25 heavy (non-hydrogen) atoms. The van der Waals surface area contributed by atoms with Gasteiger partial charge in [0.2, 0.25) is 5.89 Å². The van der Waals surface area contributed by atoms with E-state index in [2.05, 4.69) is 40.8 Å². The van der Waals surface area contributed by atoms with E-state index in [1.165, 1.54) is 0 Å². The molecule has 0 bridgehead atoms. The second kappa shape index (κ2) is 8.12. The number of aliphatic hydroxyl groups is 1. The standard InChI is InChI=1S/C18H29N5O2/c1-14(2)17-9-19-18(25-17)13-21(3)15-5-8-22(10-15)11-16(24)12-23-7-4-6-20-23/h4,6-7,9,14-16,24H,5,8,10-13H2,1-3H3/t15-,16-/m0/s1. The van der Waals surface area contributed by atoms with Crippen molar-refractivity contribution in [1.82, 2.24) is 24.6 Å². The highest BCUT2D eigenvalue weighted by atomic mass is 16.4. The zero-order chi connectivity index (χ0) is 17.8. The van der Waals surface area contributed by atoms with Gasteiger partial charge in [-0.2, -0.15) is 5.10 Å². The molecule has 0 aliphatic carbocycles. The van der Waals surface area contributed by atoms with Crippen LogP contribution < -0.4 is 0 Å². The number of nitrogens with zero attached hydrogens (tertiary/aromatic N) is 5. The van der Waals surface area contributed by atoms with Crippen LogP contribution in [0, 0.1) is 0 Å². The summed E-state index contributed by atoms with van der Waals surface area (Å²) in [5.74, 6) is 2.09. The minimum absolute atomic E-state index is 0.366. The maximum absolute atomic E-state index is 10.3. The van der Waals surface area contributed by atoms with Crippen molar-refractivity contribution in [2.45, 2.75) is 51.4 Å². The predicted octanol–water partition coefficient (Wildman–Crippen LogP) is 1.56. The third kappa shape index (κ3) is 4.90. The molecule has 0 spiro atoms. The molecule has 138 valence electrons. The molecule has 2 aromatic heterocycles. The molecule has 7 heteroatoms. The average Bonchev–Trinajstić information content (AvgIpc) is 3.28. The van der Waals surface area contributed by atoms with Gasteiger partial charge in [-0.15, -0.1) is 0 Å². The van der Waals surface area contributed by atoms with Crippen LogP contribution in [0.15, 0.2) is 29.1 Å². The van der Waals surface area contributed by atoms with Gasteiger partial charge < -0.3 is 9.52 Å². The van der Waals surface area contributed by atoms with Crippen molar-refractivity contribution in [3.63, 3.8) is 0 Å². The summed E-state index contributed by atoms with van der Waals surface area (Å²) in [4.78, 5) is 9.01. The summed E-state index contributed by atoms with van der Waals surface area (Å²) in [6, 6.07) is 2.34. The van der Waals surface area contributed by atoms with E-state index in [0.29, 0.717) is 25.0 Å². The lowest BCUT2D eigenvalue weighted by atomic mass is 10.2. The summed E-state index contributed by atoms with van der Waals surface area (Å²) in [6.07, 6.45) is 6.15. The highest BCUT2D eigenvalue weighted by molar-refractivity contribution is 4.99. The SMILES string of the molecule is CC(C)c1cnc(CN(C)[C@H]2CCN(C[C@H](O)Cn3cccn3)C2)o1. The summed E-state index contributed by atoms with van der Waals surface area (Å²) in [6.45, 7) is 8.13. The second-order valence-corrected chi connectivity index (χ2v) is 7.31. The molecule has 1 N–H and O–H groups in total. The Morgan fingerprint density at radius 3 is 2.92 bits per heavy atom. The zero-order valence-corrected chi connectivity index (χ0v) is 15.4. The molecule has 0 amide bonds. The number of oxazole rings is 1. The number of likely N-dealkylation sites (N-methyl/N-ethyl adjacent to an activating group) is 1. The fourth-order valence-electron chi connectivity index (χ4n) is 3.32. The van der Waals surface area contributed by atoms with Gasteiger partial charge in [0.1, 0.15) is 5.76 Å². The molecule has 1 aliphatic heterocycles. The minimum Gasteiger partial charge on any atom is -0.444 e. The molecule has 0 saturated carbocycles. The Morgan fingerprint density at radius 2 is 2.24 bits per heavy atom. The number of aliphatic hydroxyl groups excluding tert-OH is 1. The Balaban J connectivity index is 1.44. The lowest BCUT2D eigenvalue weighted by Gasteiger charge is -2.24. The Labute approximate surface area is 149 Å². The predicted molar refractivity (Wildman–Crippen MR) is 95.1 cm³/mol. The quantitative estimate of drug-likeness (QED) is 0.781. The Bertz CT molecular complexity index is 640. The van der Waals surface area contributed by atoms with Gasteiger partial charge in [-0.25, -0.2) is 4.98 Å². The van der Waals surface area contributed by atoms with Crippen LogP contribution in [-0.4, -0.2) is 68.5 Å². The molecule has 3 heterocycles. The number of hydrogen-bond donors (Lipinski definition) is 1. The number of β-amino-alcohol motifs (C(OH)–C–C–N with tert-alkyl or cyclic N) is 1. The van der Waals surface area contributed by atoms with Gasteiger partial charge in [0.05, 0.1) is 25.4 Å². The highest BCUT2D eigenvalue weighted by Crippen LogP contribution is 2.19. The highest BCUT2D eigenvalue weighted by Gasteiger charge is 2.27. The van der Waals surface area contributed by atoms with Gasteiger partial charge in [0.15, 0.2) is 0 Å². The molecule has 1 aliphatic rings. The monoisotopic (exact) mass is 347 g/mol. The molecule has 0 aromatic carbocycles. The van der Waals surface area contributed by atoms with Crippen molar-refractivity contribution in [2.75, 3.05) is 26.7 Å². The van der Waals surface area contributed by atoms with Crippen LogP contribution in [0.4, 0.5) is 0 Å². The van der Waals surface area contributed by atoms with Crippen LogP contribution in [0.3, 0.4) is 0 Å². The molecule has 0 unspecified atom stereocenters. The van der Waals surface area contributed by atoms with Crippen LogP contribution >= 0.6 is 0 Å². The van der Waals surface area contributed by atoms with E-state index in [9.17, 15) is 5.11 Å². The summed E-state index contributed by atoms with van der Waals surface area (Å²) in [7, 11) is 2.12. The van der Waals surface area contributed by atoms with E-state index in [4.69, 9.17) is 4.42 Å². The number of hydrogen-bond acceptors (Lipinski definition) is 6. The van der Waals surface area contributed by atoms with E-state index in [1.807, 2.05) is 18.5 Å². The molecule has 0 radical (unpaired) electrons. The zero-order valence-electron chi connectivity index (χ0n) is 15.4. The molecule has 2 atom stereocenters. The molecular weight excluding hydrogens is 318 g/mol. The van der Waals surface area contributed by atoms with Crippen molar-refractivity contribution in [3.05, 3.63) is 36.3 Å². The third-order valence-electron chi connectivity index (χ3n) is 4.82. The maximum Gasteiger partial charge on any atom is 0.208 e. The van der Waals surface area contributed by atoms with Gasteiger partial charge in [-0.1, -0.05) is 13.8 Å². The van der Waals surface area contributed by atoms with Crippen LogP contribution in [-0.2, 0) is 13.1 Å². The van der Waals surface area contributed by atoms with E-state index < -0.39 is 6.10 Å². The van der Waals surface area contributed by atoms with Crippen molar-refractivity contribution in [3.8, 4) is 0 Å². The van der Waals surface area contributed by atoms with Crippen LogP contribution in [0.5, 0.6) is 0 Å². The van der Waals surface area contributed by atoms with Crippen molar-refractivity contribution >= 4 is 0 Å². The normalized spacial score (nSPS) is 20.0. The fraction of sp³-hybridized carbons (Fsp3) is 0.667.